The van der Waals surface area contributed by atoms with E-state index in [9.17, 15) is 19.2 Å². The van der Waals surface area contributed by atoms with Crippen LogP contribution in [0, 0.1) is 13.8 Å². The Labute approximate surface area is 329 Å². The minimum Gasteiger partial charge on any atom is -0.457 e. The van der Waals surface area contributed by atoms with Crippen LogP contribution >= 0.6 is 0 Å². The van der Waals surface area contributed by atoms with Crippen molar-refractivity contribution in [3.8, 4) is 0 Å². The highest BCUT2D eigenvalue weighted by Gasteiger charge is 2.40. The molecule has 0 bridgehead atoms. The van der Waals surface area contributed by atoms with Gasteiger partial charge in [0, 0.05) is 63.5 Å². The van der Waals surface area contributed by atoms with Gasteiger partial charge in [-0.25, -0.2) is 19.2 Å². The second-order valence-corrected chi connectivity index (χ2v) is 17.6. The Bertz CT molecular complexity index is 1730. The number of rotatable bonds is 2. The van der Waals surface area contributed by atoms with Gasteiger partial charge in [0.1, 0.15) is 24.4 Å². The number of amides is 2. The molecule has 4 saturated heterocycles. The first-order valence-corrected chi connectivity index (χ1v) is 19.7. The van der Waals surface area contributed by atoms with Crippen LogP contribution in [0.15, 0.2) is 24.3 Å². The van der Waals surface area contributed by atoms with E-state index in [1.807, 2.05) is 79.7 Å². The van der Waals surface area contributed by atoms with Crippen LogP contribution in [-0.2, 0) is 41.6 Å². The molecule has 6 heterocycles. The molecule has 6 aliphatic heterocycles. The maximum absolute atomic E-state index is 12.4. The molecule has 56 heavy (non-hydrogen) atoms. The molecular formula is C42H56N4O10. The predicted octanol–water partition coefficient (Wildman–Crippen LogP) is 5.32. The molecule has 0 spiro atoms. The lowest BCUT2D eigenvalue weighted by Gasteiger charge is -2.46. The van der Waals surface area contributed by atoms with Crippen LogP contribution in [0.5, 0.6) is 0 Å². The van der Waals surface area contributed by atoms with E-state index >= 15 is 0 Å². The number of carbonyl (C=O) groups is 4. The zero-order valence-corrected chi connectivity index (χ0v) is 34.0. The molecule has 4 fully saturated rings. The van der Waals surface area contributed by atoms with Crippen LogP contribution in [0.25, 0.3) is 0 Å². The van der Waals surface area contributed by atoms with Crippen molar-refractivity contribution in [2.75, 3.05) is 65.6 Å². The first-order chi connectivity index (χ1) is 26.5. The molecular weight excluding hydrogens is 720 g/mol. The van der Waals surface area contributed by atoms with Gasteiger partial charge in [-0.2, -0.15) is 0 Å². The second-order valence-electron chi connectivity index (χ2n) is 17.6. The van der Waals surface area contributed by atoms with Crippen LogP contribution in [-0.4, -0.2) is 133 Å². The fourth-order valence-electron chi connectivity index (χ4n) is 8.36. The molecule has 8 rings (SSSR count). The summed E-state index contributed by atoms with van der Waals surface area (Å²) in [5, 5.41) is 0. The van der Waals surface area contributed by atoms with E-state index in [0.717, 1.165) is 59.6 Å². The summed E-state index contributed by atoms with van der Waals surface area (Å²) < 4.78 is 33.7. The van der Waals surface area contributed by atoms with Gasteiger partial charge in [0.25, 0.3) is 0 Å². The third-order valence-electron chi connectivity index (χ3n) is 11.4. The topological polar surface area (TPSA) is 137 Å². The normalized spacial score (nSPS) is 25.1. The molecule has 2 amide bonds. The number of esters is 2. The third-order valence-corrected chi connectivity index (χ3v) is 11.4. The first-order valence-electron chi connectivity index (χ1n) is 19.7. The van der Waals surface area contributed by atoms with Crippen molar-refractivity contribution in [1.82, 2.24) is 19.6 Å². The van der Waals surface area contributed by atoms with Gasteiger partial charge in [-0.3, -0.25) is 9.80 Å². The fourth-order valence-corrected chi connectivity index (χ4v) is 8.36. The van der Waals surface area contributed by atoms with Gasteiger partial charge in [0.2, 0.25) is 0 Å². The van der Waals surface area contributed by atoms with Gasteiger partial charge < -0.3 is 38.2 Å². The zero-order valence-electron chi connectivity index (χ0n) is 34.0. The maximum atomic E-state index is 12.4. The molecule has 14 heteroatoms. The minimum atomic E-state index is -0.488. The number of cyclic esters (lactones) is 2. The largest absolute Gasteiger partial charge is 0.457 e. The molecule has 0 radical (unpaired) electrons. The second kappa shape index (κ2) is 15.6. The number of ether oxygens (including phenoxy) is 6. The van der Waals surface area contributed by atoms with E-state index in [4.69, 9.17) is 28.4 Å². The van der Waals surface area contributed by atoms with Gasteiger partial charge in [0.05, 0.1) is 48.6 Å². The maximum Gasteiger partial charge on any atom is 0.410 e. The third kappa shape index (κ3) is 8.53. The summed E-state index contributed by atoms with van der Waals surface area (Å²) in [6.45, 7) is 22.9. The van der Waals surface area contributed by atoms with E-state index in [1.165, 1.54) is 0 Å². The summed E-state index contributed by atoms with van der Waals surface area (Å²) >= 11 is 0. The number of nitrogens with zero attached hydrogens (tertiary/aromatic N) is 4. The van der Waals surface area contributed by atoms with Crippen molar-refractivity contribution in [1.29, 1.82) is 0 Å². The highest BCUT2D eigenvalue weighted by molar-refractivity contribution is 5.94. The number of hydrogen-bond acceptors (Lipinski definition) is 12. The molecule has 0 unspecified atom stereocenters. The first kappa shape index (κ1) is 40.0. The lowest BCUT2D eigenvalue weighted by atomic mass is 9.94. The predicted molar refractivity (Wildman–Crippen MR) is 204 cm³/mol. The number of hydrogen-bond donors (Lipinski definition) is 0. The summed E-state index contributed by atoms with van der Waals surface area (Å²) in [6, 6.07) is 8.03. The number of benzene rings is 2. The smallest absolute Gasteiger partial charge is 0.410 e. The summed E-state index contributed by atoms with van der Waals surface area (Å²) in [5.41, 5.74) is 6.71. The molecule has 0 aromatic heterocycles. The lowest BCUT2D eigenvalue weighted by Crippen LogP contribution is -2.60. The van der Waals surface area contributed by atoms with E-state index < -0.39 is 11.2 Å². The Morgan fingerprint density at radius 1 is 0.607 bits per heavy atom. The van der Waals surface area contributed by atoms with Crippen molar-refractivity contribution in [2.24, 2.45) is 0 Å². The van der Waals surface area contributed by atoms with Crippen molar-refractivity contribution >= 4 is 24.1 Å². The van der Waals surface area contributed by atoms with Crippen molar-refractivity contribution in [3.63, 3.8) is 0 Å². The van der Waals surface area contributed by atoms with Crippen LogP contribution in [0.3, 0.4) is 0 Å². The zero-order chi connectivity index (χ0) is 40.1. The Hall–Kier alpha value is -4.24. The van der Waals surface area contributed by atoms with Crippen LogP contribution in [0.4, 0.5) is 9.59 Å². The quantitative estimate of drug-likeness (QED) is 0.289. The molecule has 0 N–H and O–H groups in total. The summed E-state index contributed by atoms with van der Waals surface area (Å²) in [4.78, 5) is 56.6. The fraction of sp³-hybridized carbons (Fsp3) is 0.619. The number of carbonyl (C=O) groups excluding carboxylic acids is 4. The van der Waals surface area contributed by atoms with Gasteiger partial charge >= 0.3 is 24.1 Å². The lowest BCUT2D eigenvalue weighted by molar-refractivity contribution is -0.0910. The van der Waals surface area contributed by atoms with Gasteiger partial charge in [-0.1, -0.05) is 12.1 Å². The molecule has 14 nitrogen and oxygen atoms in total. The van der Waals surface area contributed by atoms with Gasteiger partial charge in [-0.15, -0.1) is 0 Å². The van der Waals surface area contributed by atoms with Crippen molar-refractivity contribution in [2.45, 2.75) is 104 Å². The monoisotopic (exact) mass is 776 g/mol. The average Bonchev–Trinajstić information content (AvgIpc) is 3.72. The molecule has 304 valence electrons. The summed E-state index contributed by atoms with van der Waals surface area (Å²) in [5.74, 6) is -0.486. The Morgan fingerprint density at radius 2 is 1.00 bits per heavy atom. The Kier molecular flexibility index (Phi) is 11.1. The molecule has 2 aromatic carbocycles. The van der Waals surface area contributed by atoms with Gasteiger partial charge in [-0.05, 0) is 89.8 Å². The molecule has 4 atom stereocenters. The average molecular weight is 777 g/mol. The minimum absolute atomic E-state index is 0.0367. The molecule has 0 aliphatic carbocycles. The Morgan fingerprint density at radius 3 is 1.38 bits per heavy atom. The summed E-state index contributed by atoms with van der Waals surface area (Å²) in [6.07, 6.45) is -0.586. The highest BCUT2D eigenvalue weighted by Crippen LogP contribution is 2.35. The standard InChI is InChI=1S/2C21H28N2O5/c2*1-13-15(5-6-16-17(13)12-27-19(16)24)18-10-22-7-8-23(9-14(22)11-26-18)20(25)28-21(2,3)4/h2*5-6,14,18H,7-12H2,1-4H3/t14-,18+;14-,18-/m00/s1. The molecule has 6 aliphatic rings. The van der Waals surface area contributed by atoms with Crippen molar-refractivity contribution in [3.05, 3.63) is 68.8 Å². The number of morpholine rings is 2. The van der Waals surface area contributed by atoms with E-state index in [0.29, 0.717) is 63.7 Å². The van der Waals surface area contributed by atoms with Gasteiger partial charge in [0.15, 0.2) is 0 Å². The summed E-state index contributed by atoms with van der Waals surface area (Å²) in [7, 11) is 0. The van der Waals surface area contributed by atoms with E-state index in [-0.39, 0.29) is 48.4 Å². The van der Waals surface area contributed by atoms with Crippen LogP contribution in [0.2, 0.25) is 0 Å². The Balaban J connectivity index is 0.000000172. The van der Waals surface area contributed by atoms with E-state index in [1.54, 1.807) is 9.80 Å². The van der Waals surface area contributed by atoms with Crippen LogP contribution < -0.4 is 0 Å². The molecule has 0 saturated carbocycles. The highest BCUT2D eigenvalue weighted by atomic mass is 16.6. The van der Waals surface area contributed by atoms with E-state index in [2.05, 4.69) is 9.80 Å². The van der Waals surface area contributed by atoms with Crippen molar-refractivity contribution < 1.29 is 47.6 Å². The SMILES string of the molecule is Cc1c([C@@H]2CN3CCN(C(=O)OC(C)(C)C)C[C@H]3CO2)ccc2c1COC2=O.Cc1c([C@H]2CN3CCN(C(=O)OC(C)(C)C)C[C@H]3CO2)ccc2c1COC2=O. The van der Waals surface area contributed by atoms with Crippen LogP contribution in [0.1, 0.15) is 108 Å². The number of fused-ring (bicyclic) bond motifs is 4. The number of piperazine rings is 2. The molecule has 2 aromatic rings.